The lowest BCUT2D eigenvalue weighted by atomic mass is 10.3. The van der Waals surface area contributed by atoms with Crippen LogP contribution in [0.25, 0.3) is 11.2 Å². The van der Waals surface area contributed by atoms with E-state index in [4.69, 9.17) is 9.15 Å². The first-order valence-corrected chi connectivity index (χ1v) is 9.23. The van der Waals surface area contributed by atoms with E-state index in [-0.39, 0.29) is 35.9 Å². The van der Waals surface area contributed by atoms with E-state index in [0.29, 0.717) is 17.3 Å². The Morgan fingerprint density at radius 3 is 2.65 bits per heavy atom. The highest BCUT2D eigenvalue weighted by Crippen LogP contribution is 2.15. The van der Waals surface area contributed by atoms with Gasteiger partial charge in [0.2, 0.25) is 0 Å². The molecule has 0 radical (unpaired) electrons. The number of nitrogens with one attached hydrogen (secondary N) is 2. The van der Waals surface area contributed by atoms with Crippen LogP contribution in [-0.2, 0) is 27.2 Å². The van der Waals surface area contributed by atoms with Gasteiger partial charge in [-0.1, -0.05) is 0 Å². The minimum atomic E-state index is -0.500. The maximum atomic E-state index is 12.9. The zero-order chi connectivity index (χ0) is 22.1. The summed E-state index contributed by atoms with van der Waals surface area (Å²) in [4.78, 5) is 43.6. The van der Waals surface area contributed by atoms with Gasteiger partial charge in [-0.2, -0.15) is 0 Å². The number of fused-ring (bicyclic) bond motifs is 1. The fourth-order valence-corrected chi connectivity index (χ4v) is 2.97. The summed E-state index contributed by atoms with van der Waals surface area (Å²) in [5.41, 5.74) is -0.617. The number of carbonyl (C=O) groups excluding carboxylic acids is 1. The number of rotatable bonds is 6. The van der Waals surface area contributed by atoms with E-state index in [1.807, 2.05) is 0 Å². The zero-order valence-electron chi connectivity index (χ0n) is 16.6. The lowest BCUT2D eigenvalue weighted by Gasteiger charge is -2.04. The number of aryl methyl sites for hydroxylation is 1. The van der Waals surface area contributed by atoms with Crippen LogP contribution < -0.4 is 21.3 Å². The normalized spacial score (nSPS) is 11.1. The Morgan fingerprint density at radius 1 is 1.16 bits per heavy atom. The number of furan rings is 1. The van der Waals surface area contributed by atoms with E-state index in [1.165, 1.54) is 49.0 Å². The van der Waals surface area contributed by atoms with Gasteiger partial charge in [-0.05, 0) is 36.4 Å². The van der Waals surface area contributed by atoms with Crippen LogP contribution in [0.2, 0.25) is 0 Å². The lowest BCUT2D eigenvalue weighted by molar-refractivity contribution is 0.0918. The van der Waals surface area contributed by atoms with Crippen molar-refractivity contribution in [3.63, 3.8) is 0 Å². The molecular weight excluding hydrogens is 409 g/mol. The minimum Gasteiger partial charge on any atom is -0.486 e. The van der Waals surface area contributed by atoms with Gasteiger partial charge < -0.3 is 19.5 Å². The molecule has 0 aliphatic carbocycles. The maximum Gasteiger partial charge on any atom is 0.332 e. The molecule has 0 aliphatic heterocycles. The summed E-state index contributed by atoms with van der Waals surface area (Å²) in [5.74, 6) is 0.405. The first kappa shape index (κ1) is 20.1. The smallest absolute Gasteiger partial charge is 0.332 e. The number of aromatic nitrogens is 4. The van der Waals surface area contributed by atoms with E-state index in [1.54, 1.807) is 6.07 Å². The van der Waals surface area contributed by atoms with Gasteiger partial charge in [0, 0.05) is 14.1 Å². The maximum absolute atomic E-state index is 12.9. The van der Waals surface area contributed by atoms with Gasteiger partial charge in [0.25, 0.3) is 11.5 Å². The number of imidazole rings is 1. The Kier molecular flexibility index (Phi) is 5.15. The number of hydrogen-bond acceptors (Lipinski definition) is 6. The van der Waals surface area contributed by atoms with Crippen LogP contribution in [0, 0.1) is 5.82 Å². The third-order valence-electron chi connectivity index (χ3n) is 4.64. The monoisotopic (exact) mass is 427 g/mol. The summed E-state index contributed by atoms with van der Waals surface area (Å²) in [6, 6.07) is 8.63. The van der Waals surface area contributed by atoms with Crippen molar-refractivity contribution in [1.29, 1.82) is 0 Å². The van der Waals surface area contributed by atoms with Gasteiger partial charge in [-0.15, -0.1) is 0 Å². The van der Waals surface area contributed by atoms with Crippen molar-refractivity contribution in [3.05, 3.63) is 80.4 Å². The molecule has 10 nitrogen and oxygen atoms in total. The van der Waals surface area contributed by atoms with Crippen molar-refractivity contribution >= 4 is 17.1 Å². The summed E-state index contributed by atoms with van der Waals surface area (Å²) in [7, 11) is 2.88. The minimum absolute atomic E-state index is 0.00697. The number of benzene rings is 1. The molecule has 0 saturated heterocycles. The van der Waals surface area contributed by atoms with Gasteiger partial charge in [0.15, 0.2) is 11.4 Å². The molecule has 3 heterocycles. The predicted octanol–water partition coefficient (Wildman–Crippen LogP) is 1.20. The Bertz CT molecular complexity index is 1380. The second kappa shape index (κ2) is 7.94. The van der Waals surface area contributed by atoms with Crippen molar-refractivity contribution in [3.8, 4) is 5.75 Å². The zero-order valence-corrected chi connectivity index (χ0v) is 16.6. The lowest BCUT2D eigenvalue weighted by Crippen LogP contribution is -2.36. The van der Waals surface area contributed by atoms with Crippen LogP contribution in [0.5, 0.6) is 5.75 Å². The van der Waals surface area contributed by atoms with E-state index in [9.17, 15) is 18.8 Å². The molecule has 0 bridgehead atoms. The number of H-pyrrole nitrogens is 1. The van der Waals surface area contributed by atoms with Crippen LogP contribution in [-0.4, -0.2) is 25.0 Å². The topological polar surface area (TPSA) is 124 Å². The molecule has 0 atom stereocenters. The van der Waals surface area contributed by atoms with Crippen molar-refractivity contribution in [1.82, 2.24) is 24.4 Å². The number of hydrogen-bond donors (Lipinski definition) is 2. The quantitative estimate of drug-likeness (QED) is 0.477. The molecule has 1 aromatic carbocycles. The molecule has 11 heteroatoms. The average molecular weight is 427 g/mol. The molecule has 0 fully saturated rings. The SMILES string of the molecule is Cn1c(=O)c2[nH]c(CNC(=O)c3ccc(COc4ccc(F)cc4)o3)nc2n(C)c1=O. The van der Waals surface area contributed by atoms with Gasteiger partial charge in [-0.25, -0.2) is 14.2 Å². The van der Waals surface area contributed by atoms with E-state index in [0.717, 1.165) is 4.57 Å². The Morgan fingerprint density at radius 2 is 1.90 bits per heavy atom. The van der Waals surface area contributed by atoms with Crippen LogP contribution in [0.3, 0.4) is 0 Å². The summed E-state index contributed by atoms with van der Waals surface area (Å²) >= 11 is 0. The molecule has 4 aromatic rings. The van der Waals surface area contributed by atoms with Gasteiger partial charge in [0.05, 0.1) is 6.54 Å². The van der Waals surface area contributed by atoms with Crippen molar-refractivity contribution < 1.29 is 18.3 Å². The molecule has 4 rings (SSSR count). The van der Waals surface area contributed by atoms with E-state index < -0.39 is 17.2 Å². The fourth-order valence-electron chi connectivity index (χ4n) is 2.97. The summed E-state index contributed by atoms with van der Waals surface area (Å²) in [5, 5.41) is 2.63. The highest BCUT2D eigenvalue weighted by atomic mass is 19.1. The van der Waals surface area contributed by atoms with E-state index >= 15 is 0 Å². The molecule has 2 N–H and O–H groups in total. The molecular formula is C20H18FN5O5. The van der Waals surface area contributed by atoms with Crippen LogP contribution in [0.1, 0.15) is 22.1 Å². The molecule has 160 valence electrons. The number of nitrogens with zero attached hydrogens (tertiary/aromatic N) is 3. The average Bonchev–Trinajstić information content (AvgIpc) is 3.42. The molecule has 3 aromatic heterocycles. The molecule has 0 aliphatic rings. The third kappa shape index (κ3) is 3.97. The molecule has 0 spiro atoms. The van der Waals surface area contributed by atoms with Gasteiger partial charge in [-0.3, -0.25) is 18.7 Å². The first-order chi connectivity index (χ1) is 14.8. The molecule has 31 heavy (non-hydrogen) atoms. The Hall–Kier alpha value is -4.15. The fraction of sp³-hybridized carbons (Fsp3) is 0.200. The number of amides is 1. The second-order valence-electron chi connectivity index (χ2n) is 6.78. The standard InChI is InChI=1S/C20H18FN5O5/c1-25-17-16(19(28)26(2)20(25)29)23-15(24-17)9-22-18(27)14-8-7-13(31-14)10-30-12-5-3-11(21)4-6-12/h3-8H,9-10H2,1-2H3,(H,22,27)(H,23,24). The van der Waals surface area contributed by atoms with Crippen LogP contribution in [0.4, 0.5) is 4.39 Å². The Balaban J connectivity index is 1.41. The van der Waals surface area contributed by atoms with Crippen LogP contribution in [0.15, 0.2) is 50.4 Å². The number of carbonyl (C=O) groups is 1. The highest BCUT2D eigenvalue weighted by Gasteiger charge is 2.15. The molecule has 0 saturated carbocycles. The van der Waals surface area contributed by atoms with Gasteiger partial charge in [0.1, 0.15) is 35.3 Å². The number of aromatic amines is 1. The molecule has 0 unspecified atom stereocenters. The highest BCUT2D eigenvalue weighted by molar-refractivity contribution is 5.91. The predicted molar refractivity (Wildman–Crippen MR) is 107 cm³/mol. The van der Waals surface area contributed by atoms with Crippen molar-refractivity contribution in [2.24, 2.45) is 14.1 Å². The second-order valence-corrected chi connectivity index (χ2v) is 6.78. The van der Waals surface area contributed by atoms with Crippen molar-refractivity contribution in [2.45, 2.75) is 13.2 Å². The van der Waals surface area contributed by atoms with Gasteiger partial charge >= 0.3 is 5.69 Å². The van der Waals surface area contributed by atoms with Crippen LogP contribution >= 0.6 is 0 Å². The van der Waals surface area contributed by atoms with E-state index in [2.05, 4.69) is 15.3 Å². The Labute approximate surface area is 173 Å². The number of halogens is 1. The third-order valence-corrected chi connectivity index (χ3v) is 4.64. The largest absolute Gasteiger partial charge is 0.486 e. The summed E-state index contributed by atoms with van der Waals surface area (Å²) < 4.78 is 26.1. The molecule has 1 amide bonds. The first-order valence-electron chi connectivity index (χ1n) is 9.23. The number of ether oxygens (including phenoxy) is 1. The van der Waals surface area contributed by atoms with Crippen molar-refractivity contribution in [2.75, 3.05) is 0 Å². The summed E-state index contributed by atoms with van der Waals surface area (Å²) in [6.45, 7) is 0.0623. The summed E-state index contributed by atoms with van der Waals surface area (Å²) in [6.07, 6.45) is 0.